The van der Waals surface area contributed by atoms with Crippen LogP contribution in [0.25, 0.3) is 0 Å². The Hall–Kier alpha value is -2.16. The molecular formula is C26H33NSi. The summed E-state index contributed by atoms with van der Waals surface area (Å²) in [5.74, 6) is 0. The Morgan fingerprint density at radius 2 is 1.04 bits per heavy atom. The van der Waals surface area contributed by atoms with Gasteiger partial charge in [-0.05, 0) is 16.5 Å². The molecule has 2 heteroatoms. The molecule has 28 heavy (non-hydrogen) atoms. The van der Waals surface area contributed by atoms with Gasteiger partial charge >= 0.3 is 0 Å². The summed E-state index contributed by atoms with van der Waals surface area (Å²) in [5, 5.41) is 5.63. The van der Waals surface area contributed by atoms with Crippen LogP contribution in [0, 0.1) is 5.41 Å². The maximum Gasteiger partial charge on any atom is 0.0990 e. The molecule has 0 heterocycles. The highest BCUT2D eigenvalue weighted by molar-refractivity contribution is 6.91. The van der Waals surface area contributed by atoms with Crippen LogP contribution >= 0.6 is 0 Å². The second-order valence-electron chi connectivity index (χ2n) is 9.31. The van der Waals surface area contributed by atoms with Gasteiger partial charge in [0.15, 0.2) is 0 Å². The van der Waals surface area contributed by atoms with Crippen LogP contribution in [0.5, 0.6) is 0 Å². The molecule has 0 saturated heterocycles. The van der Waals surface area contributed by atoms with Crippen molar-refractivity contribution in [2.75, 3.05) is 0 Å². The second kappa shape index (κ2) is 8.46. The first kappa shape index (κ1) is 20.6. The predicted molar refractivity (Wildman–Crippen MR) is 125 cm³/mol. The standard InChI is InChI=1S/C26H33NSi/c1-26(2,3)25(28(4,5)23-19-13-8-14-20-23)27-24(21-15-9-6-10-16-21)22-17-11-7-12-18-22/h6-20,24-25,27H,1-5H3. The SMILES string of the molecule is CC(C)(C)C(NC(c1ccccc1)c1ccccc1)[Si](C)(C)c1ccccc1. The summed E-state index contributed by atoms with van der Waals surface area (Å²) in [4.78, 5) is 0. The number of benzene rings is 3. The summed E-state index contributed by atoms with van der Waals surface area (Å²) in [5.41, 5.74) is 3.20. The molecule has 0 fully saturated rings. The number of rotatable bonds is 6. The lowest BCUT2D eigenvalue weighted by Gasteiger charge is -2.44. The van der Waals surface area contributed by atoms with Crippen molar-refractivity contribution in [3.8, 4) is 0 Å². The number of hydrogen-bond donors (Lipinski definition) is 1. The Morgan fingerprint density at radius 1 is 0.643 bits per heavy atom. The van der Waals surface area contributed by atoms with E-state index in [9.17, 15) is 0 Å². The quantitative estimate of drug-likeness (QED) is 0.517. The minimum absolute atomic E-state index is 0.146. The molecule has 0 saturated carbocycles. The molecule has 3 aromatic rings. The van der Waals surface area contributed by atoms with E-state index in [1.54, 1.807) is 0 Å². The van der Waals surface area contributed by atoms with Gasteiger partial charge in [0.25, 0.3) is 0 Å². The van der Waals surface area contributed by atoms with E-state index in [-0.39, 0.29) is 11.5 Å². The first-order valence-electron chi connectivity index (χ1n) is 10.2. The average Bonchev–Trinajstić information content (AvgIpc) is 2.69. The topological polar surface area (TPSA) is 12.0 Å². The van der Waals surface area contributed by atoms with Gasteiger partial charge in [0.2, 0.25) is 0 Å². The lowest BCUT2D eigenvalue weighted by molar-refractivity contribution is 0.319. The maximum absolute atomic E-state index is 4.13. The van der Waals surface area contributed by atoms with Crippen LogP contribution < -0.4 is 10.5 Å². The van der Waals surface area contributed by atoms with Gasteiger partial charge in [0.05, 0.1) is 14.1 Å². The Balaban J connectivity index is 2.04. The summed E-state index contributed by atoms with van der Waals surface area (Å²) in [6.45, 7) is 12.1. The fourth-order valence-electron chi connectivity index (χ4n) is 4.42. The third-order valence-electron chi connectivity index (χ3n) is 5.70. The van der Waals surface area contributed by atoms with Gasteiger partial charge in [-0.2, -0.15) is 0 Å². The van der Waals surface area contributed by atoms with Crippen molar-refractivity contribution < 1.29 is 0 Å². The minimum Gasteiger partial charge on any atom is -0.305 e. The smallest absolute Gasteiger partial charge is 0.0990 e. The van der Waals surface area contributed by atoms with Crippen molar-refractivity contribution in [2.45, 2.75) is 45.6 Å². The second-order valence-corrected chi connectivity index (χ2v) is 13.9. The van der Waals surface area contributed by atoms with Gasteiger partial charge in [-0.3, -0.25) is 0 Å². The van der Waals surface area contributed by atoms with Gasteiger partial charge in [0, 0.05) is 5.67 Å². The van der Waals surface area contributed by atoms with Crippen LogP contribution in [0.15, 0.2) is 91.0 Å². The van der Waals surface area contributed by atoms with E-state index >= 15 is 0 Å². The van der Waals surface area contributed by atoms with Crippen LogP contribution in [-0.2, 0) is 0 Å². The largest absolute Gasteiger partial charge is 0.305 e. The fraction of sp³-hybridized carbons (Fsp3) is 0.308. The molecular weight excluding hydrogens is 354 g/mol. The highest BCUT2D eigenvalue weighted by Crippen LogP contribution is 2.32. The molecule has 1 atom stereocenters. The van der Waals surface area contributed by atoms with E-state index < -0.39 is 8.07 Å². The third-order valence-corrected chi connectivity index (χ3v) is 10.0. The van der Waals surface area contributed by atoms with E-state index in [2.05, 4.69) is 130 Å². The zero-order valence-corrected chi connectivity index (χ0v) is 18.8. The zero-order chi connectivity index (χ0) is 20.2. The van der Waals surface area contributed by atoms with Crippen LogP contribution in [0.4, 0.5) is 0 Å². The van der Waals surface area contributed by atoms with Crippen molar-refractivity contribution in [3.05, 3.63) is 102 Å². The predicted octanol–water partition coefficient (Wildman–Crippen LogP) is 5.94. The van der Waals surface area contributed by atoms with Gasteiger partial charge < -0.3 is 5.32 Å². The molecule has 0 amide bonds. The third kappa shape index (κ3) is 4.63. The molecule has 1 nitrogen and oxygen atoms in total. The van der Waals surface area contributed by atoms with E-state index in [0.717, 1.165) is 0 Å². The van der Waals surface area contributed by atoms with Crippen LogP contribution in [-0.4, -0.2) is 13.7 Å². The Kier molecular flexibility index (Phi) is 6.22. The molecule has 0 aliphatic heterocycles. The monoisotopic (exact) mass is 387 g/mol. The molecule has 0 bridgehead atoms. The van der Waals surface area contributed by atoms with Gasteiger partial charge in [-0.25, -0.2) is 0 Å². The van der Waals surface area contributed by atoms with Gasteiger partial charge in [0.1, 0.15) is 0 Å². The van der Waals surface area contributed by atoms with Crippen molar-refractivity contribution in [3.63, 3.8) is 0 Å². The molecule has 0 aromatic heterocycles. The molecule has 1 N–H and O–H groups in total. The number of nitrogens with one attached hydrogen (secondary N) is 1. The molecule has 0 spiro atoms. The highest BCUT2D eigenvalue weighted by atomic mass is 28.3. The Labute approximate surface area is 171 Å². The summed E-state index contributed by atoms with van der Waals surface area (Å²) < 4.78 is 0. The summed E-state index contributed by atoms with van der Waals surface area (Å²) >= 11 is 0. The molecule has 0 radical (unpaired) electrons. The van der Waals surface area contributed by atoms with Gasteiger partial charge in [-0.1, -0.05) is 130 Å². The molecule has 146 valence electrons. The lowest BCUT2D eigenvalue weighted by Crippen LogP contribution is -2.64. The first-order valence-corrected chi connectivity index (χ1v) is 13.3. The zero-order valence-electron chi connectivity index (χ0n) is 17.8. The van der Waals surface area contributed by atoms with Crippen LogP contribution in [0.2, 0.25) is 13.1 Å². The molecule has 1 unspecified atom stereocenters. The van der Waals surface area contributed by atoms with Crippen LogP contribution in [0.3, 0.4) is 0 Å². The van der Waals surface area contributed by atoms with Crippen molar-refractivity contribution >= 4 is 13.3 Å². The van der Waals surface area contributed by atoms with E-state index in [1.165, 1.54) is 16.3 Å². The Bertz CT molecular complexity index is 812. The van der Waals surface area contributed by atoms with E-state index in [4.69, 9.17) is 0 Å². The van der Waals surface area contributed by atoms with Crippen molar-refractivity contribution in [1.82, 2.24) is 5.32 Å². The maximum atomic E-state index is 4.13. The van der Waals surface area contributed by atoms with E-state index in [1.807, 2.05) is 0 Å². The highest BCUT2D eigenvalue weighted by Gasteiger charge is 2.42. The van der Waals surface area contributed by atoms with Crippen LogP contribution in [0.1, 0.15) is 37.9 Å². The van der Waals surface area contributed by atoms with E-state index in [0.29, 0.717) is 5.67 Å². The Morgan fingerprint density at radius 3 is 1.43 bits per heavy atom. The first-order chi connectivity index (χ1) is 13.3. The molecule has 0 aliphatic carbocycles. The molecule has 3 aromatic carbocycles. The van der Waals surface area contributed by atoms with Crippen molar-refractivity contribution in [1.29, 1.82) is 0 Å². The fourth-order valence-corrected chi connectivity index (χ4v) is 8.55. The molecule has 3 rings (SSSR count). The van der Waals surface area contributed by atoms with Gasteiger partial charge in [-0.15, -0.1) is 0 Å². The summed E-state index contributed by atoms with van der Waals surface area (Å²) in [6, 6.07) is 33.0. The molecule has 0 aliphatic rings. The number of hydrogen-bond acceptors (Lipinski definition) is 1. The normalized spacial score (nSPS) is 13.5. The summed E-state index contributed by atoms with van der Waals surface area (Å²) in [6.07, 6.45) is 0. The minimum atomic E-state index is -1.78. The lowest BCUT2D eigenvalue weighted by atomic mass is 9.93. The average molecular weight is 388 g/mol. The van der Waals surface area contributed by atoms with Crippen molar-refractivity contribution in [2.24, 2.45) is 5.41 Å². The summed E-state index contributed by atoms with van der Waals surface area (Å²) in [7, 11) is -1.78.